The molecule has 0 fully saturated rings. The monoisotopic (exact) mass is 547 g/mol. The Morgan fingerprint density at radius 1 is 1.32 bits per heavy atom. The molecular weight excluding hydrogens is 510 g/mol. The van der Waals surface area contributed by atoms with Crippen molar-refractivity contribution in [2.45, 2.75) is 44.7 Å². The van der Waals surface area contributed by atoms with Gasteiger partial charge < -0.3 is 24.6 Å². The molecule has 2 amide bonds. The van der Waals surface area contributed by atoms with Crippen LogP contribution >= 0.6 is 0 Å². The van der Waals surface area contributed by atoms with Gasteiger partial charge in [0.25, 0.3) is 0 Å². The quantitative estimate of drug-likeness (QED) is 0.527. The molecule has 0 spiro atoms. The Morgan fingerprint density at radius 2 is 2.03 bits per heavy atom. The summed E-state index contributed by atoms with van der Waals surface area (Å²) in [6.45, 7) is 7.46. The van der Waals surface area contributed by atoms with Crippen LogP contribution in [0.25, 0.3) is 0 Å². The third-order valence-electron chi connectivity index (χ3n) is 6.36. The van der Waals surface area contributed by atoms with Crippen LogP contribution in [-0.4, -0.2) is 98.3 Å². The maximum atomic E-state index is 13.6. The minimum Gasteiger partial charge on any atom is -0.487 e. The molecule has 1 aromatic carbocycles. The molecule has 2 heterocycles. The number of urea groups is 1. The van der Waals surface area contributed by atoms with Crippen molar-refractivity contribution in [1.82, 2.24) is 19.3 Å². The predicted octanol–water partition coefficient (Wildman–Crippen LogP) is 2.14. The zero-order chi connectivity index (χ0) is 28.2. The maximum absolute atomic E-state index is 13.6. The zero-order valence-corrected chi connectivity index (χ0v) is 23.8. The van der Waals surface area contributed by atoms with E-state index in [-0.39, 0.29) is 42.3 Å². The van der Waals surface area contributed by atoms with Crippen molar-refractivity contribution in [1.29, 1.82) is 0 Å². The molecule has 0 saturated heterocycles. The lowest BCUT2D eigenvalue weighted by atomic mass is 10.0. The Hall–Kier alpha value is -3.11. The molecule has 1 aromatic heterocycles. The molecular formula is C26H37N5O6S. The number of fused-ring (bicyclic) bond motifs is 1. The number of carbonyl (C=O) groups excluding carboxylic acids is 1. The van der Waals surface area contributed by atoms with Crippen molar-refractivity contribution >= 4 is 21.7 Å². The first-order valence-electron chi connectivity index (χ1n) is 12.4. The number of anilines is 1. The van der Waals surface area contributed by atoms with Crippen LogP contribution in [0.4, 0.5) is 10.5 Å². The number of hydrogen-bond donors (Lipinski definition) is 2. The Morgan fingerprint density at radius 3 is 2.63 bits per heavy atom. The molecule has 2 N–H and O–H groups in total. The molecule has 208 valence electrons. The van der Waals surface area contributed by atoms with Crippen LogP contribution in [0.3, 0.4) is 0 Å². The number of aliphatic hydroxyl groups excluding tert-OH is 1. The Bertz CT molecular complexity index is 1290. The van der Waals surface area contributed by atoms with Gasteiger partial charge in [-0.3, -0.25) is 4.90 Å². The van der Waals surface area contributed by atoms with E-state index in [9.17, 15) is 18.3 Å². The van der Waals surface area contributed by atoms with E-state index in [1.807, 2.05) is 25.9 Å². The summed E-state index contributed by atoms with van der Waals surface area (Å²) in [6.07, 6.45) is -0.553. The first-order chi connectivity index (χ1) is 17.8. The number of amides is 2. The van der Waals surface area contributed by atoms with Crippen LogP contribution in [0.15, 0.2) is 27.6 Å². The summed E-state index contributed by atoms with van der Waals surface area (Å²) in [4.78, 5) is 16.4. The SMILES string of the molecule is Cc1noc(C)c1NC(=O)N(C)C[C@@H]1Oc2cc(C#CCN(C)C)ccc2S(=O)(=O)N([C@@H](C)CO)C[C@H]1C. The van der Waals surface area contributed by atoms with Crippen LogP contribution in [0.2, 0.25) is 0 Å². The van der Waals surface area contributed by atoms with E-state index in [2.05, 4.69) is 22.3 Å². The van der Waals surface area contributed by atoms with Crippen molar-refractivity contribution in [3.8, 4) is 17.6 Å². The van der Waals surface area contributed by atoms with Crippen LogP contribution in [0.5, 0.6) is 5.75 Å². The van der Waals surface area contributed by atoms with Crippen molar-refractivity contribution in [2.75, 3.05) is 52.7 Å². The summed E-state index contributed by atoms with van der Waals surface area (Å²) in [7, 11) is 1.49. The maximum Gasteiger partial charge on any atom is 0.321 e. The van der Waals surface area contributed by atoms with Gasteiger partial charge in [0.2, 0.25) is 10.0 Å². The largest absolute Gasteiger partial charge is 0.487 e. The van der Waals surface area contributed by atoms with Crippen LogP contribution in [-0.2, 0) is 10.0 Å². The third-order valence-corrected chi connectivity index (χ3v) is 8.38. The number of sulfonamides is 1. The van der Waals surface area contributed by atoms with Crippen LogP contribution in [0, 0.1) is 31.6 Å². The van der Waals surface area contributed by atoms with Gasteiger partial charge in [0, 0.05) is 31.1 Å². The lowest BCUT2D eigenvalue weighted by molar-refractivity contribution is 0.0830. The van der Waals surface area contributed by atoms with Gasteiger partial charge in [-0.05, 0) is 53.1 Å². The van der Waals surface area contributed by atoms with Gasteiger partial charge in [-0.15, -0.1) is 0 Å². The summed E-state index contributed by atoms with van der Waals surface area (Å²) in [6, 6.07) is 3.73. The highest BCUT2D eigenvalue weighted by Crippen LogP contribution is 2.34. The van der Waals surface area contributed by atoms with Crippen molar-refractivity contribution < 1.29 is 27.6 Å². The number of aliphatic hydroxyl groups is 1. The van der Waals surface area contributed by atoms with E-state index >= 15 is 0 Å². The van der Waals surface area contributed by atoms with E-state index < -0.39 is 22.2 Å². The Kier molecular flexibility index (Phi) is 9.43. The minimum atomic E-state index is -3.97. The summed E-state index contributed by atoms with van der Waals surface area (Å²) in [5.74, 6) is 6.43. The smallest absolute Gasteiger partial charge is 0.321 e. The number of likely N-dealkylation sites (N-methyl/N-ethyl adjacent to an activating group) is 1. The fourth-order valence-corrected chi connectivity index (χ4v) is 5.86. The van der Waals surface area contributed by atoms with Gasteiger partial charge in [0.05, 0.1) is 19.7 Å². The van der Waals surface area contributed by atoms with Crippen molar-refractivity contribution in [3.05, 3.63) is 35.2 Å². The second-order valence-corrected chi connectivity index (χ2v) is 11.8. The molecule has 3 rings (SSSR count). The van der Waals surface area contributed by atoms with Gasteiger partial charge in [0.15, 0.2) is 5.76 Å². The predicted molar refractivity (Wildman–Crippen MR) is 144 cm³/mol. The van der Waals surface area contributed by atoms with Gasteiger partial charge in [-0.25, -0.2) is 13.2 Å². The number of benzene rings is 1. The number of aryl methyl sites for hydroxylation is 2. The second-order valence-electron chi connectivity index (χ2n) is 9.95. The summed E-state index contributed by atoms with van der Waals surface area (Å²) in [5, 5.41) is 16.5. The minimum absolute atomic E-state index is 0.00400. The van der Waals surface area contributed by atoms with E-state index in [0.29, 0.717) is 29.2 Å². The summed E-state index contributed by atoms with van der Waals surface area (Å²) >= 11 is 0. The molecule has 2 aromatic rings. The highest BCUT2D eigenvalue weighted by atomic mass is 32.2. The molecule has 0 saturated carbocycles. The van der Waals surface area contributed by atoms with Gasteiger partial charge in [0.1, 0.15) is 28.1 Å². The molecule has 0 aliphatic carbocycles. The van der Waals surface area contributed by atoms with Gasteiger partial charge in [-0.1, -0.05) is 23.9 Å². The number of rotatable bonds is 6. The first kappa shape index (κ1) is 29.4. The Balaban J connectivity index is 1.96. The normalized spacial score (nSPS) is 19.8. The molecule has 3 atom stereocenters. The van der Waals surface area contributed by atoms with E-state index in [1.165, 1.54) is 15.3 Å². The second kappa shape index (κ2) is 12.2. The van der Waals surface area contributed by atoms with E-state index in [1.54, 1.807) is 40.0 Å². The highest BCUT2D eigenvalue weighted by molar-refractivity contribution is 7.89. The van der Waals surface area contributed by atoms with E-state index in [4.69, 9.17) is 9.26 Å². The molecule has 1 aliphatic heterocycles. The molecule has 11 nitrogen and oxygen atoms in total. The van der Waals surface area contributed by atoms with E-state index in [0.717, 1.165) is 0 Å². The number of ether oxygens (including phenoxy) is 1. The summed E-state index contributed by atoms with van der Waals surface area (Å²) in [5.41, 5.74) is 1.68. The van der Waals surface area contributed by atoms with Gasteiger partial charge >= 0.3 is 6.03 Å². The number of nitrogens with zero attached hydrogens (tertiary/aromatic N) is 4. The van der Waals surface area contributed by atoms with Crippen LogP contribution in [0.1, 0.15) is 30.9 Å². The zero-order valence-electron chi connectivity index (χ0n) is 23.0. The number of hydrogen-bond acceptors (Lipinski definition) is 8. The molecule has 0 bridgehead atoms. The first-order valence-corrected chi connectivity index (χ1v) is 13.8. The molecule has 1 aliphatic rings. The fourth-order valence-electron chi connectivity index (χ4n) is 4.04. The Labute approximate surface area is 224 Å². The van der Waals surface area contributed by atoms with Crippen molar-refractivity contribution in [3.63, 3.8) is 0 Å². The number of nitrogens with one attached hydrogen (secondary N) is 1. The highest BCUT2D eigenvalue weighted by Gasteiger charge is 2.38. The average Bonchev–Trinajstić information content (AvgIpc) is 3.17. The number of aromatic nitrogens is 1. The van der Waals surface area contributed by atoms with Crippen LogP contribution < -0.4 is 10.1 Å². The molecule has 0 radical (unpaired) electrons. The molecule has 0 unspecified atom stereocenters. The lowest BCUT2D eigenvalue weighted by Gasteiger charge is -2.37. The topological polar surface area (TPSA) is 128 Å². The standard InChI is InChI=1S/C26H37N5O6S/c1-17-14-31(18(2)16-32)38(34,35)24-11-10-21(9-8-12-29(5)6)13-22(24)36-23(17)15-30(7)26(33)27-25-19(3)28-37-20(25)4/h10-11,13,17-18,23,32H,12,14-16H2,1-7H3,(H,27,33)/t17-,18+,23+/m1/s1. The van der Waals surface area contributed by atoms with Gasteiger partial charge in [-0.2, -0.15) is 4.31 Å². The summed E-state index contributed by atoms with van der Waals surface area (Å²) < 4.78 is 40.0. The van der Waals surface area contributed by atoms with Crippen molar-refractivity contribution in [2.24, 2.45) is 5.92 Å². The average molecular weight is 548 g/mol. The number of carbonyl (C=O) groups is 1. The molecule has 12 heteroatoms. The lowest BCUT2D eigenvalue weighted by Crippen LogP contribution is -2.50. The third kappa shape index (κ3) is 6.66. The molecule has 38 heavy (non-hydrogen) atoms. The fraction of sp³-hybridized carbons (Fsp3) is 0.538.